The minimum absolute atomic E-state index is 0.119. The minimum atomic E-state index is -0.210. The van der Waals surface area contributed by atoms with Gasteiger partial charge in [-0.1, -0.05) is 22.7 Å². The van der Waals surface area contributed by atoms with E-state index in [0.29, 0.717) is 39.1 Å². The standard InChI is InChI=1S/C19H17N3O5S/c1-11-3-5-14(6-4-11)21-22-18-17(28-27-26-25)10-13-9-15(20-12(2)23)7-8-16(13)19(18)24/h3-10,24-25H,1-2H3,(H,20,23). The van der Waals surface area contributed by atoms with E-state index in [1.165, 1.54) is 6.92 Å². The first-order chi connectivity index (χ1) is 13.5. The van der Waals surface area contributed by atoms with Crippen molar-refractivity contribution in [3.63, 3.8) is 0 Å². The summed E-state index contributed by atoms with van der Waals surface area (Å²) in [6, 6.07) is 14.1. The molecule has 3 N–H and O–H groups in total. The number of carbonyl (C=O) groups is 1. The van der Waals surface area contributed by atoms with Gasteiger partial charge in [-0.15, -0.1) is 9.45 Å². The third-order valence-electron chi connectivity index (χ3n) is 3.83. The molecule has 9 heteroatoms. The molecule has 0 aromatic heterocycles. The monoisotopic (exact) mass is 399 g/mol. The smallest absolute Gasteiger partial charge is 0.221 e. The fourth-order valence-electron chi connectivity index (χ4n) is 2.56. The zero-order chi connectivity index (χ0) is 20.1. The van der Waals surface area contributed by atoms with E-state index in [1.807, 2.05) is 19.1 Å². The number of aryl methyl sites for hydroxylation is 1. The lowest BCUT2D eigenvalue weighted by molar-refractivity contribution is -0.432. The highest BCUT2D eigenvalue weighted by Gasteiger charge is 2.15. The number of azo groups is 1. The summed E-state index contributed by atoms with van der Waals surface area (Å²) >= 11 is 0.660. The van der Waals surface area contributed by atoms with E-state index in [0.717, 1.165) is 5.56 Å². The Labute approximate surface area is 164 Å². The molecule has 0 spiro atoms. The van der Waals surface area contributed by atoms with Gasteiger partial charge in [-0.25, -0.2) is 5.26 Å². The van der Waals surface area contributed by atoms with Crippen LogP contribution in [0.4, 0.5) is 17.1 Å². The van der Waals surface area contributed by atoms with Gasteiger partial charge in [0.2, 0.25) is 5.91 Å². The van der Waals surface area contributed by atoms with Crippen LogP contribution in [0.25, 0.3) is 10.8 Å². The van der Waals surface area contributed by atoms with E-state index in [9.17, 15) is 9.90 Å². The predicted octanol–water partition coefficient (Wildman–Crippen LogP) is 5.66. The molecule has 0 aliphatic rings. The van der Waals surface area contributed by atoms with Crippen LogP contribution in [0.2, 0.25) is 0 Å². The van der Waals surface area contributed by atoms with Gasteiger partial charge in [-0.2, -0.15) is 5.11 Å². The van der Waals surface area contributed by atoms with Crippen molar-refractivity contribution in [3.8, 4) is 5.75 Å². The summed E-state index contributed by atoms with van der Waals surface area (Å²) < 4.78 is 4.52. The zero-order valence-corrected chi connectivity index (χ0v) is 15.9. The third kappa shape index (κ3) is 4.65. The number of aromatic hydroxyl groups is 1. The second-order valence-electron chi connectivity index (χ2n) is 5.95. The Hall–Kier alpha value is -2.98. The molecule has 0 fully saturated rings. The maximum Gasteiger partial charge on any atom is 0.221 e. The molecule has 3 aromatic rings. The Morgan fingerprint density at radius 2 is 1.86 bits per heavy atom. The van der Waals surface area contributed by atoms with Crippen LogP contribution in [0.3, 0.4) is 0 Å². The van der Waals surface area contributed by atoms with Crippen molar-refractivity contribution in [2.45, 2.75) is 18.7 Å². The van der Waals surface area contributed by atoms with Crippen molar-refractivity contribution in [1.82, 2.24) is 0 Å². The first-order valence-corrected chi connectivity index (χ1v) is 8.92. The molecule has 0 bridgehead atoms. The van der Waals surface area contributed by atoms with E-state index < -0.39 is 0 Å². The van der Waals surface area contributed by atoms with Crippen LogP contribution >= 0.6 is 12.0 Å². The van der Waals surface area contributed by atoms with E-state index in [4.69, 9.17) is 5.26 Å². The van der Waals surface area contributed by atoms with Gasteiger partial charge in [0.1, 0.15) is 5.69 Å². The Morgan fingerprint density at radius 1 is 1.11 bits per heavy atom. The van der Waals surface area contributed by atoms with Gasteiger partial charge in [-0.05, 0) is 48.7 Å². The van der Waals surface area contributed by atoms with E-state index in [1.54, 1.807) is 36.4 Å². The molecule has 0 saturated heterocycles. The lowest BCUT2D eigenvalue weighted by atomic mass is 10.1. The lowest BCUT2D eigenvalue weighted by Gasteiger charge is -2.10. The van der Waals surface area contributed by atoms with Crippen molar-refractivity contribution in [2.75, 3.05) is 5.32 Å². The Balaban J connectivity index is 2.06. The Kier molecular flexibility index (Phi) is 6.22. The Morgan fingerprint density at radius 3 is 2.54 bits per heavy atom. The number of hydrogen-bond acceptors (Lipinski definition) is 8. The number of phenolic OH excluding ortho intramolecular Hbond substituents is 1. The fraction of sp³-hybridized carbons (Fsp3) is 0.105. The molecule has 0 heterocycles. The van der Waals surface area contributed by atoms with E-state index >= 15 is 0 Å². The van der Waals surface area contributed by atoms with Crippen LogP contribution in [0, 0.1) is 6.92 Å². The van der Waals surface area contributed by atoms with Gasteiger partial charge in [0, 0.05) is 18.0 Å². The molecule has 3 aromatic carbocycles. The van der Waals surface area contributed by atoms with Gasteiger partial charge in [0.25, 0.3) is 0 Å². The van der Waals surface area contributed by atoms with Gasteiger partial charge in [-0.3, -0.25) is 4.79 Å². The van der Waals surface area contributed by atoms with Crippen LogP contribution in [0.1, 0.15) is 12.5 Å². The van der Waals surface area contributed by atoms with Crippen molar-refractivity contribution in [2.24, 2.45) is 10.2 Å². The number of nitrogens with one attached hydrogen (secondary N) is 1. The van der Waals surface area contributed by atoms with Crippen molar-refractivity contribution in [1.29, 1.82) is 0 Å². The highest BCUT2D eigenvalue weighted by Crippen LogP contribution is 2.44. The number of anilines is 1. The summed E-state index contributed by atoms with van der Waals surface area (Å²) in [6.07, 6.45) is 0. The SMILES string of the molecule is CC(=O)Nc1ccc2c(O)c(N=Nc3ccc(C)cc3)c(SOOO)cc2c1. The number of phenols is 1. The van der Waals surface area contributed by atoms with Gasteiger partial charge >= 0.3 is 0 Å². The average Bonchev–Trinajstić information content (AvgIpc) is 2.66. The van der Waals surface area contributed by atoms with Crippen LogP contribution in [-0.2, 0) is 14.2 Å². The lowest BCUT2D eigenvalue weighted by Crippen LogP contribution is -2.05. The maximum absolute atomic E-state index is 11.3. The third-order valence-corrected chi connectivity index (χ3v) is 4.44. The predicted molar refractivity (Wildman–Crippen MR) is 106 cm³/mol. The largest absolute Gasteiger partial charge is 0.505 e. The van der Waals surface area contributed by atoms with Gasteiger partial charge in [0.15, 0.2) is 5.75 Å². The summed E-state index contributed by atoms with van der Waals surface area (Å²) in [4.78, 5) is 11.6. The number of rotatable bonds is 6. The molecule has 8 nitrogen and oxygen atoms in total. The summed E-state index contributed by atoms with van der Waals surface area (Å²) in [5.74, 6) is -0.328. The summed E-state index contributed by atoms with van der Waals surface area (Å²) in [6.45, 7) is 3.37. The summed E-state index contributed by atoms with van der Waals surface area (Å²) in [5.41, 5.74) is 2.43. The zero-order valence-electron chi connectivity index (χ0n) is 15.0. The highest BCUT2D eigenvalue weighted by atomic mass is 32.2. The molecule has 0 radical (unpaired) electrons. The molecule has 0 aliphatic carbocycles. The van der Waals surface area contributed by atoms with Crippen molar-refractivity contribution < 1.29 is 24.5 Å². The number of fused-ring (bicyclic) bond motifs is 1. The number of hydrogen-bond donors (Lipinski definition) is 3. The van der Waals surface area contributed by atoms with E-state index in [2.05, 4.69) is 24.9 Å². The topological polar surface area (TPSA) is 113 Å². The van der Waals surface area contributed by atoms with Crippen LogP contribution in [0.5, 0.6) is 5.75 Å². The highest BCUT2D eigenvalue weighted by molar-refractivity contribution is 7.94. The van der Waals surface area contributed by atoms with Crippen LogP contribution in [-0.4, -0.2) is 16.3 Å². The molecule has 0 unspecified atom stereocenters. The fourth-order valence-corrected chi connectivity index (χ4v) is 3.06. The molecular weight excluding hydrogens is 382 g/mol. The quantitative estimate of drug-likeness (QED) is 0.213. The number of nitrogens with zero attached hydrogens (tertiary/aromatic N) is 2. The molecule has 0 aliphatic heterocycles. The molecule has 0 saturated carbocycles. The first kappa shape index (κ1) is 19.8. The van der Waals surface area contributed by atoms with Gasteiger partial charge in [0.05, 0.1) is 22.6 Å². The molecule has 3 rings (SSSR count). The maximum atomic E-state index is 11.3. The second-order valence-corrected chi connectivity index (χ2v) is 6.69. The van der Waals surface area contributed by atoms with Crippen molar-refractivity contribution >= 4 is 45.8 Å². The Bertz CT molecular complexity index is 1040. The molecule has 1 amide bonds. The second kappa shape index (κ2) is 8.81. The van der Waals surface area contributed by atoms with Crippen LogP contribution < -0.4 is 5.32 Å². The molecule has 28 heavy (non-hydrogen) atoms. The molecular formula is C19H17N3O5S. The molecule has 144 valence electrons. The minimum Gasteiger partial charge on any atom is -0.505 e. The number of carbonyl (C=O) groups excluding carboxylic acids is 1. The number of amides is 1. The molecule has 0 atom stereocenters. The summed E-state index contributed by atoms with van der Waals surface area (Å²) in [5, 5.41) is 35.0. The first-order valence-electron chi connectivity index (χ1n) is 8.18. The van der Waals surface area contributed by atoms with Crippen LogP contribution in [0.15, 0.2) is 63.7 Å². The number of benzene rings is 3. The average molecular weight is 399 g/mol. The van der Waals surface area contributed by atoms with E-state index in [-0.39, 0.29) is 17.3 Å². The van der Waals surface area contributed by atoms with Crippen molar-refractivity contribution in [3.05, 3.63) is 54.1 Å². The van der Waals surface area contributed by atoms with Gasteiger partial charge < -0.3 is 10.4 Å². The summed E-state index contributed by atoms with van der Waals surface area (Å²) in [7, 11) is 0. The normalized spacial score (nSPS) is 11.2.